The molecular weight excluding hydrogens is 230 g/mol. The Hall–Kier alpha value is -0.900. The van der Waals surface area contributed by atoms with E-state index in [4.69, 9.17) is 5.73 Å². The summed E-state index contributed by atoms with van der Waals surface area (Å²) >= 11 is 1.76. The van der Waals surface area contributed by atoms with Crippen molar-refractivity contribution in [3.05, 3.63) is 35.2 Å². The summed E-state index contributed by atoms with van der Waals surface area (Å²) in [4.78, 5) is 0. The average molecular weight is 249 g/mol. The van der Waals surface area contributed by atoms with Gasteiger partial charge in [-0.3, -0.25) is 0 Å². The van der Waals surface area contributed by atoms with E-state index in [2.05, 4.69) is 36.6 Å². The summed E-state index contributed by atoms with van der Waals surface area (Å²) in [6.07, 6.45) is 1.77. The van der Waals surface area contributed by atoms with Crippen LogP contribution in [0.1, 0.15) is 18.9 Å². The summed E-state index contributed by atoms with van der Waals surface area (Å²) in [6.45, 7) is 2.78. The van der Waals surface area contributed by atoms with Crippen LogP contribution >= 0.6 is 11.3 Å². The number of thiophene rings is 1. The first-order valence-corrected chi connectivity index (χ1v) is 6.88. The monoisotopic (exact) mass is 249 g/mol. The second-order valence-electron chi connectivity index (χ2n) is 4.65. The number of aliphatic hydroxyl groups excluding tert-OH is 1. The maximum atomic E-state index is 9.57. The van der Waals surface area contributed by atoms with Crippen LogP contribution in [0.25, 0.3) is 10.1 Å². The van der Waals surface area contributed by atoms with E-state index >= 15 is 0 Å². The smallest absolute Gasteiger partial charge is 0.0502 e. The molecule has 1 heterocycles. The van der Waals surface area contributed by atoms with E-state index in [0.717, 1.165) is 12.8 Å². The van der Waals surface area contributed by atoms with E-state index in [1.165, 1.54) is 15.6 Å². The Balaban J connectivity index is 2.34. The third-order valence-electron chi connectivity index (χ3n) is 3.65. The third kappa shape index (κ3) is 2.37. The lowest BCUT2D eigenvalue weighted by Gasteiger charge is -2.28. The predicted molar refractivity (Wildman–Crippen MR) is 74.4 cm³/mol. The second-order valence-corrected chi connectivity index (χ2v) is 5.56. The Labute approximate surface area is 106 Å². The molecule has 0 amide bonds. The number of aliphatic hydroxyl groups is 1. The number of rotatable bonds is 5. The summed E-state index contributed by atoms with van der Waals surface area (Å²) in [7, 11) is 0. The molecule has 0 aliphatic rings. The number of benzene rings is 1. The van der Waals surface area contributed by atoms with Gasteiger partial charge in [-0.25, -0.2) is 0 Å². The zero-order valence-corrected chi connectivity index (χ0v) is 11.0. The van der Waals surface area contributed by atoms with E-state index in [1.54, 1.807) is 11.3 Å². The summed E-state index contributed by atoms with van der Waals surface area (Å²) in [5.41, 5.74) is 6.98. The molecule has 0 spiro atoms. The summed E-state index contributed by atoms with van der Waals surface area (Å²) < 4.78 is 1.31. The van der Waals surface area contributed by atoms with Crippen molar-refractivity contribution in [3.8, 4) is 0 Å². The predicted octanol–water partition coefficient (Wildman–Crippen LogP) is 2.79. The van der Waals surface area contributed by atoms with Gasteiger partial charge in [0.15, 0.2) is 0 Å². The maximum Gasteiger partial charge on any atom is 0.0502 e. The minimum atomic E-state index is -0.163. The van der Waals surface area contributed by atoms with Gasteiger partial charge < -0.3 is 10.8 Å². The van der Waals surface area contributed by atoms with Gasteiger partial charge in [-0.1, -0.05) is 25.1 Å². The Kier molecular flexibility index (Phi) is 3.82. The van der Waals surface area contributed by atoms with Crippen molar-refractivity contribution in [1.29, 1.82) is 0 Å². The summed E-state index contributed by atoms with van der Waals surface area (Å²) in [5, 5.41) is 13.1. The van der Waals surface area contributed by atoms with Gasteiger partial charge in [0.1, 0.15) is 0 Å². The first kappa shape index (κ1) is 12.6. The zero-order chi connectivity index (χ0) is 12.3. The van der Waals surface area contributed by atoms with Crippen LogP contribution < -0.4 is 5.73 Å². The van der Waals surface area contributed by atoms with Crippen molar-refractivity contribution in [2.24, 2.45) is 11.1 Å². The van der Waals surface area contributed by atoms with E-state index < -0.39 is 0 Å². The highest BCUT2D eigenvalue weighted by atomic mass is 32.1. The van der Waals surface area contributed by atoms with Crippen LogP contribution in [0.3, 0.4) is 0 Å². The second kappa shape index (κ2) is 5.17. The molecule has 0 aliphatic heterocycles. The summed E-state index contributed by atoms with van der Waals surface area (Å²) in [5.74, 6) is 0. The molecule has 0 radical (unpaired) electrons. The van der Waals surface area contributed by atoms with Crippen LogP contribution in [0.5, 0.6) is 0 Å². The molecule has 0 bridgehead atoms. The molecule has 0 aliphatic carbocycles. The highest BCUT2D eigenvalue weighted by Gasteiger charge is 2.27. The molecule has 1 atom stereocenters. The van der Waals surface area contributed by atoms with Crippen molar-refractivity contribution < 1.29 is 5.11 Å². The molecule has 3 N–H and O–H groups in total. The summed E-state index contributed by atoms with van der Waals surface area (Å²) in [6, 6.07) is 8.41. The Morgan fingerprint density at radius 3 is 2.76 bits per heavy atom. The molecule has 2 nitrogen and oxygen atoms in total. The highest BCUT2D eigenvalue weighted by molar-refractivity contribution is 7.17. The minimum absolute atomic E-state index is 0.157. The minimum Gasteiger partial charge on any atom is -0.396 e. The molecule has 1 aromatic heterocycles. The molecule has 0 saturated heterocycles. The van der Waals surface area contributed by atoms with Gasteiger partial charge in [0.2, 0.25) is 0 Å². The van der Waals surface area contributed by atoms with Gasteiger partial charge in [0.25, 0.3) is 0 Å². The topological polar surface area (TPSA) is 46.2 Å². The van der Waals surface area contributed by atoms with Gasteiger partial charge in [-0.05, 0) is 35.2 Å². The van der Waals surface area contributed by atoms with Crippen LogP contribution in [0.2, 0.25) is 0 Å². The van der Waals surface area contributed by atoms with Crippen molar-refractivity contribution in [2.75, 3.05) is 13.2 Å². The maximum absolute atomic E-state index is 9.57. The fourth-order valence-corrected chi connectivity index (χ4v) is 3.11. The molecule has 3 heteroatoms. The first-order chi connectivity index (χ1) is 8.24. The zero-order valence-electron chi connectivity index (χ0n) is 10.1. The fourth-order valence-electron chi connectivity index (χ4n) is 2.15. The molecule has 92 valence electrons. The molecular formula is C14H19NOS. The molecule has 0 saturated carbocycles. The lowest BCUT2D eigenvalue weighted by atomic mass is 9.80. The normalized spacial score (nSPS) is 15.0. The average Bonchev–Trinajstić information content (AvgIpc) is 2.79. The Bertz CT molecular complexity index is 479. The fraction of sp³-hybridized carbons (Fsp3) is 0.429. The largest absolute Gasteiger partial charge is 0.396 e. The first-order valence-electron chi connectivity index (χ1n) is 6.01. The van der Waals surface area contributed by atoms with Crippen LogP contribution in [0.15, 0.2) is 29.6 Å². The van der Waals surface area contributed by atoms with Crippen molar-refractivity contribution in [1.82, 2.24) is 0 Å². The van der Waals surface area contributed by atoms with Gasteiger partial charge in [-0.2, -0.15) is 0 Å². The van der Waals surface area contributed by atoms with Crippen LogP contribution in [0, 0.1) is 5.41 Å². The van der Waals surface area contributed by atoms with Crippen LogP contribution in [-0.2, 0) is 6.42 Å². The van der Waals surface area contributed by atoms with Gasteiger partial charge in [-0.15, -0.1) is 11.3 Å². The highest BCUT2D eigenvalue weighted by Crippen LogP contribution is 2.32. The van der Waals surface area contributed by atoms with Crippen molar-refractivity contribution >= 4 is 21.4 Å². The van der Waals surface area contributed by atoms with E-state index in [1.807, 2.05) is 0 Å². The van der Waals surface area contributed by atoms with Gasteiger partial charge in [0, 0.05) is 16.7 Å². The quantitative estimate of drug-likeness (QED) is 0.856. The number of fused-ring (bicyclic) bond motifs is 1. The molecule has 1 aromatic carbocycles. The van der Waals surface area contributed by atoms with E-state index in [9.17, 15) is 5.11 Å². The number of hydrogen-bond donors (Lipinski definition) is 2. The molecule has 0 fully saturated rings. The lowest BCUT2D eigenvalue weighted by molar-refractivity contribution is 0.127. The standard InChI is InChI=1S/C14H19NOS/c1-2-14(9-15,10-16)7-11-8-17-13-6-4-3-5-12(11)13/h3-6,8,16H,2,7,9-10,15H2,1H3. The van der Waals surface area contributed by atoms with Gasteiger partial charge in [0.05, 0.1) is 6.61 Å². The van der Waals surface area contributed by atoms with E-state index in [0.29, 0.717) is 6.54 Å². The van der Waals surface area contributed by atoms with E-state index in [-0.39, 0.29) is 12.0 Å². The molecule has 17 heavy (non-hydrogen) atoms. The Morgan fingerprint density at radius 2 is 2.12 bits per heavy atom. The van der Waals surface area contributed by atoms with Crippen LogP contribution in [0.4, 0.5) is 0 Å². The molecule has 2 aromatic rings. The SMILES string of the molecule is CCC(CN)(CO)Cc1csc2ccccc12. The number of hydrogen-bond acceptors (Lipinski definition) is 3. The van der Waals surface area contributed by atoms with Crippen molar-refractivity contribution in [2.45, 2.75) is 19.8 Å². The van der Waals surface area contributed by atoms with Crippen LogP contribution in [-0.4, -0.2) is 18.3 Å². The molecule has 1 unspecified atom stereocenters. The van der Waals surface area contributed by atoms with Gasteiger partial charge >= 0.3 is 0 Å². The third-order valence-corrected chi connectivity index (χ3v) is 4.66. The molecule has 2 rings (SSSR count). The van der Waals surface area contributed by atoms with Crippen molar-refractivity contribution in [3.63, 3.8) is 0 Å². The lowest BCUT2D eigenvalue weighted by Crippen LogP contribution is -2.35. The number of nitrogens with two attached hydrogens (primary N) is 1. The Morgan fingerprint density at radius 1 is 1.35 bits per heavy atom.